The Morgan fingerprint density at radius 2 is 1.79 bits per heavy atom. The SMILES string of the molecule is Cc1cccc(NS(=O)(=O)c2cc(C(=O)N(C)C)ccc2Cl)c1C. The van der Waals surface area contributed by atoms with Gasteiger partial charge in [-0.05, 0) is 49.2 Å². The quantitative estimate of drug-likeness (QED) is 0.901. The maximum Gasteiger partial charge on any atom is 0.263 e. The summed E-state index contributed by atoms with van der Waals surface area (Å²) in [6.45, 7) is 3.73. The van der Waals surface area contributed by atoms with Crippen LogP contribution in [0.2, 0.25) is 5.02 Å². The molecule has 0 heterocycles. The second kappa shape index (κ2) is 6.83. The van der Waals surface area contributed by atoms with Gasteiger partial charge < -0.3 is 4.90 Å². The predicted molar refractivity (Wildman–Crippen MR) is 96.2 cm³/mol. The monoisotopic (exact) mass is 366 g/mol. The Hall–Kier alpha value is -2.05. The maximum absolute atomic E-state index is 12.7. The van der Waals surface area contributed by atoms with E-state index in [9.17, 15) is 13.2 Å². The second-order valence-electron chi connectivity index (χ2n) is 5.70. The van der Waals surface area contributed by atoms with Crippen molar-refractivity contribution < 1.29 is 13.2 Å². The summed E-state index contributed by atoms with van der Waals surface area (Å²) >= 11 is 6.06. The van der Waals surface area contributed by atoms with E-state index >= 15 is 0 Å². The zero-order valence-corrected chi connectivity index (χ0v) is 15.5. The molecule has 0 fully saturated rings. The molecule has 24 heavy (non-hydrogen) atoms. The molecule has 0 unspecified atom stereocenters. The van der Waals surface area contributed by atoms with Crippen LogP contribution in [-0.2, 0) is 10.0 Å². The minimum atomic E-state index is -3.92. The zero-order chi connectivity index (χ0) is 18.1. The largest absolute Gasteiger partial charge is 0.345 e. The number of carbonyl (C=O) groups is 1. The van der Waals surface area contributed by atoms with Crippen LogP contribution in [0.15, 0.2) is 41.3 Å². The molecule has 0 aliphatic rings. The fourth-order valence-corrected chi connectivity index (χ4v) is 3.81. The summed E-state index contributed by atoms with van der Waals surface area (Å²) in [5.41, 5.74) is 2.54. The number of halogens is 1. The Balaban J connectivity index is 2.47. The van der Waals surface area contributed by atoms with Gasteiger partial charge in [-0.25, -0.2) is 8.42 Å². The lowest BCUT2D eigenvalue weighted by Crippen LogP contribution is -2.22. The van der Waals surface area contributed by atoms with E-state index in [4.69, 9.17) is 11.6 Å². The molecule has 2 aromatic rings. The number of amides is 1. The standard InChI is InChI=1S/C17H19ClN2O3S/c1-11-6-5-7-15(12(11)2)19-24(22,23)16-10-13(8-9-14(16)18)17(21)20(3)4/h5-10,19H,1-4H3. The fraction of sp³-hybridized carbons (Fsp3) is 0.235. The first-order valence-electron chi connectivity index (χ1n) is 7.23. The van der Waals surface area contributed by atoms with Crippen LogP contribution in [-0.4, -0.2) is 33.3 Å². The molecule has 7 heteroatoms. The Morgan fingerprint density at radius 1 is 1.12 bits per heavy atom. The molecule has 0 atom stereocenters. The highest BCUT2D eigenvalue weighted by molar-refractivity contribution is 7.92. The minimum Gasteiger partial charge on any atom is -0.345 e. The molecule has 0 aliphatic carbocycles. The van der Waals surface area contributed by atoms with Crippen LogP contribution >= 0.6 is 11.6 Å². The van der Waals surface area contributed by atoms with Crippen molar-refractivity contribution in [1.82, 2.24) is 4.90 Å². The van der Waals surface area contributed by atoms with E-state index in [2.05, 4.69) is 4.72 Å². The van der Waals surface area contributed by atoms with Crippen molar-refractivity contribution in [2.24, 2.45) is 0 Å². The van der Waals surface area contributed by atoms with Gasteiger partial charge in [0, 0.05) is 19.7 Å². The molecule has 1 amide bonds. The van der Waals surface area contributed by atoms with Crippen LogP contribution in [0, 0.1) is 13.8 Å². The number of hydrogen-bond donors (Lipinski definition) is 1. The van der Waals surface area contributed by atoms with E-state index in [1.807, 2.05) is 19.9 Å². The Morgan fingerprint density at radius 3 is 2.42 bits per heavy atom. The highest BCUT2D eigenvalue weighted by Crippen LogP contribution is 2.27. The number of anilines is 1. The minimum absolute atomic E-state index is 0.0584. The first kappa shape index (κ1) is 18.3. The second-order valence-corrected chi connectivity index (χ2v) is 7.76. The van der Waals surface area contributed by atoms with Crippen molar-refractivity contribution in [3.63, 3.8) is 0 Å². The summed E-state index contributed by atoms with van der Waals surface area (Å²) in [7, 11) is -0.724. The third-order valence-electron chi connectivity index (χ3n) is 3.72. The summed E-state index contributed by atoms with van der Waals surface area (Å²) in [4.78, 5) is 13.3. The van der Waals surface area contributed by atoms with Gasteiger partial charge in [0.2, 0.25) is 0 Å². The molecular weight excluding hydrogens is 348 g/mol. The zero-order valence-electron chi connectivity index (χ0n) is 13.9. The number of rotatable bonds is 4. The van der Waals surface area contributed by atoms with Gasteiger partial charge in [-0.3, -0.25) is 9.52 Å². The van der Waals surface area contributed by atoms with Gasteiger partial charge in [0.1, 0.15) is 4.90 Å². The molecule has 0 saturated heterocycles. The van der Waals surface area contributed by atoms with E-state index in [0.717, 1.165) is 11.1 Å². The van der Waals surface area contributed by atoms with Gasteiger partial charge >= 0.3 is 0 Å². The number of sulfonamides is 1. The van der Waals surface area contributed by atoms with Crippen molar-refractivity contribution in [3.8, 4) is 0 Å². The third kappa shape index (κ3) is 3.71. The lowest BCUT2D eigenvalue weighted by molar-refractivity contribution is 0.0827. The Bertz CT molecular complexity index is 893. The Labute approximate surface area is 147 Å². The van der Waals surface area contributed by atoms with E-state index in [1.54, 1.807) is 26.2 Å². The van der Waals surface area contributed by atoms with Crippen LogP contribution in [0.5, 0.6) is 0 Å². The van der Waals surface area contributed by atoms with Gasteiger partial charge in [-0.1, -0.05) is 23.7 Å². The number of carbonyl (C=O) groups excluding carboxylic acids is 1. The first-order chi connectivity index (χ1) is 11.1. The van der Waals surface area contributed by atoms with Gasteiger partial charge in [0.25, 0.3) is 15.9 Å². The van der Waals surface area contributed by atoms with Gasteiger partial charge in [-0.2, -0.15) is 0 Å². The molecule has 0 aromatic heterocycles. The molecular formula is C17H19ClN2O3S. The molecule has 128 valence electrons. The molecule has 0 radical (unpaired) electrons. The van der Waals surface area contributed by atoms with Crippen LogP contribution < -0.4 is 4.72 Å². The van der Waals surface area contributed by atoms with E-state index in [1.165, 1.54) is 23.1 Å². The van der Waals surface area contributed by atoms with Crippen LogP contribution in [0.1, 0.15) is 21.5 Å². The number of hydrogen-bond acceptors (Lipinski definition) is 3. The Kier molecular flexibility index (Phi) is 5.20. The maximum atomic E-state index is 12.7. The van der Waals surface area contributed by atoms with E-state index in [0.29, 0.717) is 5.69 Å². The van der Waals surface area contributed by atoms with Crippen LogP contribution in [0.3, 0.4) is 0 Å². The average molecular weight is 367 g/mol. The fourth-order valence-electron chi connectivity index (χ4n) is 2.16. The molecule has 2 rings (SSSR count). The predicted octanol–water partition coefficient (Wildman–Crippen LogP) is 3.46. The summed E-state index contributed by atoms with van der Waals surface area (Å²) in [5, 5.41) is 0.0584. The van der Waals surface area contributed by atoms with Gasteiger partial charge in [-0.15, -0.1) is 0 Å². The molecule has 0 aliphatic heterocycles. The topological polar surface area (TPSA) is 66.5 Å². The number of aryl methyl sites for hydroxylation is 1. The molecule has 0 bridgehead atoms. The van der Waals surface area contributed by atoms with Crippen molar-refractivity contribution in [2.45, 2.75) is 18.7 Å². The van der Waals surface area contributed by atoms with E-state index in [-0.39, 0.29) is 21.4 Å². The summed E-state index contributed by atoms with van der Waals surface area (Å²) in [6, 6.07) is 9.56. The summed E-state index contributed by atoms with van der Waals surface area (Å²) in [6.07, 6.45) is 0. The lowest BCUT2D eigenvalue weighted by Gasteiger charge is -2.15. The smallest absolute Gasteiger partial charge is 0.263 e. The molecule has 5 nitrogen and oxygen atoms in total. The van der Waals surface area contributed by atoms with Crippen LogP contribution in [0.25, 0.3) is 0 Å². The van der Waals surface area contributed by atoms with Crippen LogP contribution in [0.4, 0.5) is 5.69 Å². The molecule has 0 spiro atoms. The number of benzene rings is 2. The first-order valence-corrected chi connectivity index (χ1v) is 9.10. The lowest BCUT2D eigenvalue weighted by atomic mass is 10.1. The van der Waals surface area contributed by atoms with Crippen molar-refractivity contribution in [2.75, 3.05) is 18.8 Å². The van der Waals surface area contributed by atoms with Gasteiger partial charge in [0.15, 0.2) is 0 Å². The summed E-state index contributed by atoms with van der Waals surface area (Å²) < 4.78 is 28.0. The van der Waals surface area contributed by atoms with Crippen molar-refractivity contribution in [1.29, 1.82) is 0 Å². The van der Waals surface area contributed by atoms with Crippen molar-refractivity contribution >= 4 is 33.2 Å². The summed E-state index contributed by atoms with van der Waals surface area (Å²) in [5.74, 6) is -0.296. The normalized spacial score (nSPS) is 11.2. The molecule has 0 saturated carbocycles. The highest BCUT2D eigenvalue weighted by Gasteiger charge is 2.21. The molecule has 2 aromatic carbocycles. The average Bonchev–Trinajstić information content (AvgIpc) is 2.51. The van der Waals surface area contributed by atoms with Crippen molar-refractivity contribution in [3.05, 3.63) is 58.1 Å². The van der Waals surface area contributed by atoms with Gasteiger partial charge in [0.05, 0.1) is 10.7 Å². The highest BCUT2D eigenvalue weighted by atomic mass is 35.5. The number of nitrogens with one attached hydrogen (secondary N) is 1. The number of nitrogens with zero attached hydrogens (tertiary/aromatic N) is 1. The molecule has 1 N–H and O–H groups in total. The van der Waals surface area contributed by atoms with E-state index < -0.39 is 10.0 Å². The third-order valence-corrected chi connectivity index (χ3v) is 5.57.